The SMILES string of the molecule is CCn1nc(-c2ccc(Cl)c(S)c2)sc1=NC1CCCCC1. The van der Waals surface area contributed by atoms with Crippen LogP contribution in [0.2, 0.25) is 5.02 Å². The molecule has 0 amide bonds. The Morgan fingerprint density at radius 1 is 1.36 bits per heavy atom. The van der Waals surface area contributed by atoms with Crippen molar-refractivity contribution in [2.75, 3.05) is 0 Å². The fourth-order valence-corrected chi connectivity index (χ4v) is 4.11. The smallest absolute Gasteiger partial charge is 0.203 e. The average molecular weight is 354 g/mol. The van der Waals surface area contributed by atoms with Gasteiger partial charge in [0, 0.05) is 17.0 Å². The average Bonchev–Trinajstić information content (AvgIpc) is 2.94. The van der Waals surface area contributed by atoms with E-state index in [1.807, 2.05) is 22.9 Å². The zero-order chi connectivity index (χ0) is 15.5. The summed E-state index contributed by atoms with van der Waals surface area (Å²) in [6.45, 7) is 2.94. The second kappa shape index (κ2) is 7.20. The quantitative estimate of drug-likeness (QED) is 0.789. The zero-order valence-electron chi connectivity index (χ0n) is 12.6. The molecule has 22 heavy (non-hydrogen) atoms. The van der Waals surface area contributed by atoms with Crippen molar-refractivity contribution in [2.24, 2.45) is 4.99 Å². The molecule has 0 aliphatic heterocycles. The normalized spacial score (nSPS) is 17.1. The number of nitrogens with zero attached hydrogens (tertiary/aromatic N) is 3. The molecule has 0 N–H and O–H groups in total. The number of hydrogen-bond acceptors (Lipinski definition) is 4. The molecule has 0 bridgehead atoms. The van der Waals surface area contributed by atoms with Gasteiger partial charge in [-0.25, -0.2) is 4.68 Å². The van der Waals surface area contributed by atoms with Crippen molar-refractivity contribution in [1.29, 1.82) is 0 Å². The summed E-state index contributed by atoms with van der Waals surface area (Å²) in [5.41, 5.74) is 1.05. The van der Waals surface area contributed by atoms with Gasteiger partial charge in [0.25, 0.3) is 0 Å². The maximum absolute atomic E-state index is 6.04. The van der Waals surface area contributed by atoms with Crippen molar-refractivity contribution in [3.05, 3.63) is 28.0 Å². The summed E-state index contributed by atoms with van der Waals surface area (Å²) in [5, 5.41) is 6.34. The summed E-state index contributed by atoms with van der Waals surface area (Å²) in [5.74, 6) is 0. The highest BCUT2D eigenvalue weighted by atomic mass is 35.5. The van der Waals surface area contributed by atoms with Crippen LogP contribution in [-0.4, -0.2) is 15.8 Å². The molecule has 0 unspecified atom stereocenters. The number of aryl methyl sites for hydroxylation is 1. The molecule has 118 valence electrons. The molecule has 3 rings (SSSR count). The summed E-state index contributed by atoms with van der Waals surface area (Å²) >= 11 is 12.1. The van der Waals surface area contributed by atoms with E-state index >= 15 is 0 Å². The van der Waals surface area contributed by atoms with E-state index in [0.717, 1.165) is 26.8 Å². The van der Waals surface area contributed by atoms with Gasteiger partial charge in [0.15, 0.2) is 0 Å². The largest absolute Gasteiger partial charge is 0.254 e. The van der Waals surface area contributed by atoms with Crippen LogP contribution >= 0.6 is 35.6 Å². The highest BCUT2D eigenvalue weighted by molar-refractivity contribution is 7.80. The van der Waals surface area contributed by atoms with Crippen molar-refractivity contribution >= 4 is 35.6 Å². The van der Waals surface area contributed by atoms with Crippen LogP contribution in [-0.2, 0) is 6.54 Å². The lowest BCUT2D eigenvalue weighted by atomic mass is 9.96. The molecule has 0 atom stereocenters. The molecule has 0 saturated heterocycles. The summed E-state index contributed by atoms with van der Waals surface area (Å²) in [6.07, 6.45) is 6.36. The van der Waals surface area contributed by atoms with Gasteiger partial charge in [0.1, 0.15) is 5.01 Å². The van der Waals surface area contributed by atoms with Gasteiger partial charge in [-0.2, -0.15) is 5.10 Å². The van der Waals surface area contributed by atoms with Crippen LogP contribution in [0.25, 0.3) is 10.6 Å². The molecule has 1 aliphatic carbocycles. The fourth-order valence-electron chi connectivity index (χ4n) is 2.74. The van der Waals surface area contributed by atoms with Crippen LogP contribution in [0.15, 0.2) is 28.1 Å². The molecule has 1 aromatic carbocycles. The van der Waals surface area contributed by atoms with Crippen LogP contribution in [0.5, 0.6) is 0 Å². The molecule has 3 nitrogen and oxygen atoms in total. The Labute approximate surface area is 145 Å². The van der Waals surface area contributed by atoms with Crippen LogP contribution in [0.3, 0.4) is 0 Å². The zero-order valence-corrected chi connectivity index (χ0v) is 15.1. The maximum Gasteiger partial charge on any atom is 0.203 e. The van der Waals surface area contributed by atoms with Gasteiger partial charge in [-0.05, 0) is 31.9 Å². The van der Waals surface area contributed by atoms with E-state index in [1.54, 1.807) is 11.3 Å². The first-order valence-corrected chi connectivity index (χ1v) is 9.42. The predicted molar refractivity (Wildman–Crippen MR) is 95.9 cm³/mol. The summed E-state index contributed by atoms with van der Waals surface area (Å²) in [7, 11) is 0. The van der Waals surface area contributed by atoms with Gasteiger partial charge >= 0.3 is 0 Å². The molecule has 1 saturated carbocycles. The monoisotopic (exact) mass is 353 g/mol. The Kier molecular flexibility index (Phi) is 5.26. The first-order valence-electron chi connectivity index (χ1n) is 7.78. The molecule has 2 aromatic rings. The van der Waals surface area contributed by atoms with Crippen molar-refractivity contribution in [2.45, 2.75) is 56.5 Å². The molecule has 6 heteroatoms. The van der Waals surface area contributed by atoms with Crippen molar-refractivity contribution in [1.82, 2.24) is 9.78 Å². The highest BCUT2D eigenvalue weighted by Crippen LogP contribution is 2.27. The molecule has 1 aliphatic rings. The Morgan fingerprint density at radius 2 is 2.14 bits per heavy atom. The van der Waals surface area contributed by atoms with Crippen molar-refractivity contribution in [3.63, 3.8) is 0 Å². The Balaban J connectivity index is 1.96. The van der Waals surface area contributed by atoms with E-state index in [2.05, 4.69) is 19.6 Å². The first kappa shape index (κ1) is 16.1. The van der Waals surface area contributed by atoms with E-state index in [9.17, 15) is 0 Å². The van der Waals surface area contributed by atoms with Gasteiger partial charge in [-0.3, -0.25) is 4.99 Å². The minimum atomic E-state index is 0.463. The van der Waals surface area contributed by atoms with Crippen LogP contribution in [0, 0.1) is 0 Å². The lowest BCUT2D eigenvalue weighted by Crippen LogP contribution is -2.20. The molecule has 1 heterocycles. The van der Waals surface area contributed by atoms with E-state index < -0.39 is 0 Å². The Hall–Kier alpha value is -0.780. The standard InChI is InChI=1S/C16H20ClN3S2/c1-2-20-16(18-12-6-4-3-5-7-12)22-15(19-20)11-8-9-13(17)14(21)10-11/h8-10,12,21H,2-7H2,1H3. The molecular weight excluding hydrogens is 334 g/mol. The Morgan fingerprint density at radius 3 is 2.82 bits per heavy atom. The summed E-state index contributed by atoms with van der Waals surface area (Å²) < 4.78 is 2.00. The third-order valence-electron chi connectivity index (χ3n) is 3.98. The highest BCUT2D eigenvalue weighted by Gasteiger charge is 2.14. The third kappa shape index (κ3) is 3.58. The van der Waals surface area contributed by atoms with Crippen molar-refractivity contribution in [3.8, 4) is 10.6 Å². The van der Waals surface area contributed by atoms with Gasteiger partial charge in [0.2, 0.25) is 4.80 Å². The number of thiol groups is 1. The number of halogens is 1. The number of hydrogen-bond donors (Lipinski definition) is 1. The second-order valence-corrected chi connectivity index (χ2v) is 7.44. The minimum absolute atomic E-state index is 0.463. The Bertz CT molecular complexity index is 714. The summed E-state index contributed by atoms with van der Waals surface area (Å²) in [6, 6.07) is 6.29. The molecule has 1 fully saturated rings. The van der Waals surface area contributed by atoms with Gasteiger partial charge < -0.3 is 0 Å². The fraction of sp³-hybridized carbons (Fsp3) is 0.500. The summed E-state index contributed by atoms with van der Waals surface area (Å²) in [4.78, 5) is 6.76. The second-order valence-electron chi connectivity index (χ2n) is 5.59. The van der Waals surface area contributed by atoms with Crippen LogP contribution in [0.1, 0.15) is 39.0 Å². The van der Waals surface area contributed by atoms with E-state index in [0.29, 0.717) is 11.1 Å². The van der Waals surface area contributed by atoms with Crippen LogP contribution < -0.4 is 4.80 Å². The number of aromatic nitrogens is 2. The van der Waals surface area contributed by atoms with Crippen molar-refractivity contribution < 1.29 is 0 Å². The number of benzene rings is 1. The van der Waals surface area contributed by atoms with Crippen LogP contribution in [0.4, 0.5) is 0 Å². The topological polar surface area (TPSA) is 30.2 Å². The van der Waals surface area contributed by atoms with Gasteiger partial charge in [-0.15, -0.1) is 12.6 Å². The van der Waals surface area contributed by atoms with E-state index in [-0.39, 0.29) is 0 Å². The molecule has 1 aromatic heterocycles. The van der Waals surface area contributed by atoms with E-state index in [4.69, 9.17) is 21.7 Å². The minimum Gasteiger partial charge on any atom is -0.254 e. The lowest BCUT2D eigenvalue weighted by Gasteiger charge is -2.16. The molecule has 0 spiro atoms. The van der Waals surface area contributed by atoms with Gasteiger partial charge in [0.05, 0.1) is 11.1 Å². The molecular formula is C16H20ClN3S2. The predicted octanol–water partition coefficient (Wildman–Crippen LogP) is 4.81. The van der Waals surface area contributed by atoms with E-state index in [1.165, 1.54) is 32.1 Å². The van der Waals surface area contributed by atoms with Gasteiger partial charge in [-0.1, -0.05) is 48.3 Å². The third-order valence-corrected chi connectivity index (χ3v) is 5.82. The maximum atomic E-state index is 6.04. The first-order chi connectivity index (χ1) is 10.7. The number of rotatable bonds is 3. The molecule has 0 radical (unpaired) electrons. The lowest BCUT2D eigenvalue weighted by molar-refractivity contribution is 0.432.